The maximum absolute atomic E-state index is 13.9. The second kappa shape index (κ2) is 9.14. The summed E-state index contributed by atoms with van der Waals surface area (Å²) in [6, 6.07) is 30.2. The summed E-state index contributed by atoms with van der Waals surface area (Å²) in [5.74, 6) is 0. The molecule has 3 nitrogen and oxygen atoms in total. The van der Waals surface area contributed by atoms with Gasteiger partial charge in [0.25, 0.3) is 0 Å². The molecule has 3 rings (SSSR count). The second-order valence-electron chi connectivity index (χ2n) is 6.91. The van der Waals surface area contributed by atoms with E-state index in [-0.39, 0.29) is 12.1 Å². The number of rotatable bonds is 8. The minimum Gasteiger partial charge on any atom is -0.289 e. The fourth-order valence-corrected chi connectivity index (χ4v) is 5.76. The summed E-state index contributed by atoms with van der Waals surface area (Å²) in [6.45, 7) is 4.11. The van der Waals surface area contributed by atoms with Crippen LogP contribution >= 0.6 is 7.44 Å². The summed E-state index contributed by atoms with van der Waals surface area (Å²) in [7, 11) is -2.88. The molecule has 0 aliphatic heterocycles. The monoisotopic (exact) mass is 378 g/mol. The molecule has 0 bridgehead atoms. The smallest absolute Gasteiger partial charge is 0.216 e. The van der Waals surface area contributed by atoms with Gasteiger partial charge in [0.2, 0.25) is 7.44 Å². The van der Waals surface area contributed by atoms with E-state index >= 15 is 0 Å². The molecule has 0 heterocycles. The van der Waals surface area contributed by atoms with E-state index in [2.05, 4.69) is 48.3 Å². The molecule has 0 aliphatic rings. The highest BCUT2D eigenvalue weighted by molar-refractivity contribution is 7.59. The van der Waals surface area contributed by atoms with E-state index in [1.165, 1.54) is 0 Å². The predicted molar refractivity (Wildman–Crippen MR) is 114 cm³/mol. The SMILES string of the molecule is C[C@@H](NP(=O)(Cc1ccccc1)N[C@H](C)c1ccccc1)c1ccccc1. The molecule has 140 valence electrons. The Bertz CT molecular complexity index is 817. The zero-order valence-electron chi connectivity index (χ0n) is 15.9. The largest absolute Gasteiger partial charge is 0.289 e. The average Bonchev–Trinajstić information content (AvgIpc) is 2.69. The van der Waals surface area contributed by atoms with Crippen LogP contribution in [0.5, 0.6) is 0 Å². The lowest BCUT2D eigenvalue weighted by atomic mass is 10.1. The summed E-state index contributed by atoms with van der Waals surface area (Å²) in [5, 5.41) is 6.81. The lowest BCUT2D eigenvalue weighted by Gasteiger charge is -2.28. The first-order valence-corrected chi connectivity index (χ1v) is 11.2. The van der Waals surface area contributed by atoms with Gasteiger partial charge in [-0.2, -0.15) is 0 Å². The molecule has 0 aromatic heterocycles. The van der Waals surface area contributed by atoms with Crippen LogP contribution in [0, 0.1) is 0 Å². The van der Waals surface area contributed by atoms with E-state index in [9.17, 15) is 4.57 Å². The Morgan fingerprint density at radius 2 is 1.04 bits per heavy atom. The fourth-order valence-electron chi connectivity index (χ4n) is 3.23. The van der Waals surface area contributed by atoms with Crippen LogP contribution in [0.4, 0.5) is 0 Å². The van der Waals surface area contributed by atoms with Gasteiger partial charge in [-0.3, -0.25) is 4.57 Å². The molecule has 3 aromatic rings. The van der Waals surface area contributed by atoms with Gasteiger partial charge in [-0.25, -0.2) is 10.2 Å². The minimum absolute atomic E-state index is 0.0174. The molecule has 2 N–H and O–H groups in total. The number of nitrogens with one attached hydrogen (secondary N) is 2. The molecule has 0 fully saturated rings. The molecule has 0 saturated heterocycles. The van der Waals surface area contributed by atoms with Crippen molar-refractivity contribution in [2.45, 2.75) is 32.1 Å². The van der Waals surface area contributed by atoms with Gasteiger partial charge >= 0.3 is 0 Å². The van der Waals surface area contributed by atoms with Crippen molar-refractivity contribution >= 4 is 7.44 Å². The third kappa shape index (κ3) is 5.64. The number of hydrogen-bond donors (Lipinski definition) is 2. The van der Waals surface area contributed by atoms with Gasteiger partial charge in [-0.15, -0.1) is 0 Å². The van der Waals surface area contributed by atoms with Crippen molar-refractivity contribution in [3.05, 3.63) is 108 Å². The van der Waals surface area contributed by atoms with Crippen LogP contribution in [0.1, 0.15) is 42.6 Å². The summed E-state index contributed by atoms with van der Waals surface area (Å²) in [6.07, 6.45) is 0.461. The van der Waals surface area contributed by atoms with E-state index in [1.807, 2.05) is 66.7 Å². The highest BCUT2D eigenvalue weighted by atomic mass is 31.2. The van der Waals surface area contributed by atoms with Crippen LogP contribution in [-0.2, 0) is 10.7 Å². The molecular formula is C23H27N2OP. The van der Waals surface area contributed by atoms with Crippen LogP contribution in [0.25, 0.3) is 0 Å². The summed E-state index contributed by atoms with van der Waals surface area (Å²) in [4.78, 5) is 0. The molecule has 0 amide bonds. The van der Waals surface area contributed by atoms with Crippen molar-refractivity contribution in [2.75, 3.05) is 0 Å². The minimum atomic E-state index is -2.88. The molecule has 2 atom stereocenters. The number of hydrogen-bond acceptors (Lipinski definition) is 1. The number of benzene rings is 3. The maximum Gasteiger partial charge on any atom is 0.216 e. The summed E-state index contributed by atoms with van der Waals surface area (Å²) in [5.41, 5.74) is 3.31. The second-order valence-corrected chi connectivity index (χ2v) is 9.22. The van der Waals surface area contributed by atoms with Gasteiger partial charge in [0.05, 0.1) is 6.16 Å². The van der Waals surface area contributed by atoms with Crippen molar-refractivity contribution in [2.24, 2.45) is 0 Å². The van der Waals surface area contributed by atoms with Gasteiger partial charge in [0.1, 0.15) is 0 Å². The molecular weight excluding hydrogens is 351 g/mol. The Morgan fingerprint density at radius 1 is 0.667 bits per heavy atom. The van der Waals surface area contributed by atoms with Crippen LogP contribution < -0.4 is 10.2 Å². The first kappa shape index (κ1) is 19.6. The van der Waals surface area contributed by atoms with Crippen LogP contribution in [0.3, 0.4) is 0 Å². The van der Waals surface area contributed by atoms with Crippen LogP contribution in [0.2, 0.25) is 0 Å². The summed E-state index contributed by atoms with van der Waals surface area (Å²) < 4.78 is 13.9. The van der Waals surface area contributed by atoms with Crippen molar-refractivity contribution < 1.29 is 4.57 Å². The van der Waals surface area contributed by atoms with Crippen molar-refractivity contribution in [1.29, 1.82) is 0 Å². The van der Waals surface area contributed by atoms with Crippen molar-refractivity contribution in [1.82, 2.24) is 10.2 Å². The first-order chi connectivity index (χ1) is 13.1. The van der Waals surface area contributed by atoms with E-state index in [1.54, 1.807) is 0 Å². The Kier molecular flexibility index (Phi) is 6.63. The average molecular weight is 378 g/mol. The van der Waals surface area contributed by atoms with E-state index in [0.717, 1.165) is 16.7 Å². The Balaban J connectivity index is 1.82. The zero-order chi connectivity index (χ0) is 19.1. The zero-order valence-corrected chi connectivity index (χ0v) is 16.8. The van der Waals surface area contributed by atoms with Crippen LogP contribution in [0.15, 0.2) is 91.0 Å². The van der Waals surface area contributed by atoms with E-state index < -0.39 is 7.44 Å². The normalized spacial score (nSPS) is 13.9. The van der Waals surface area contributed by atoms with Crippen LogP contribution in [-0.4, -0.2) is 0 Å². The van der Waals surface area contributed by atoms with Crippen molar-refractivity contribution in [3.63, 3.8) is 0 Å². The highest BCUT2D eigenvalue weighted by Gasteiger charge is 2.27. The molecule has 27 heavy (non-hydrogen) atoms. The molecule has 0 aliphatic carbocycles. The summed E-state index contributed by atoms with van der Waals surface area (Å²) >= 11 is 0. The maximum atomic E-state index is 13.9. The van der Waals surface area contributed by atoms with Gasteiger partial charge in [-0.1, -0.05) is 91.0 Å². The molecule has 4 heteroatoms. The topological polar surface area (TPSA) is 41.1 Å². The van der Waals surface area contributed by atoms with E-state index in [4.69, 9.17) is 0 Å². The molecule has 0 unspecified atom stereocenters. The third-order valence-electron chi connectivity index (χ3n) is 4.65. The van der Waals surface area contributed by atoms with Gasteiger partial charge in [-0.05, 0) is 30.5 Å². The first-order valence-electron chi connectivity index (χ1n) is 9.34. The standard InChI is InChI=1S/C23H27N2OP/c1-19(22-14-8-4-9-15-22)24-27(26,18-21-12-6-3-7-13-21)25-20(2)23-16-10-5-11-17-23/h3-17,19-20H,18H2,1-2H3,(H2,24,25,26)/t19-,20-/m1/s1. The van der Waals surface area contributed by atoms with E-state index in [0.29, 0.717) is 6.16 Å². The highest BCUT2D eigenvalue weighted by Crippen LogP contribution is 2.45. The molecule has 0 spiro atoms. The molecule has 0 saturated carbocycles. The molecule has 0 radical (unpaired) electrons. The molecule has 3 aromatic carbocycles. The lowest BCUT2D eigenvalue weighted by Crippen LogP contribution is -2.28. The van der Waals surface area contributed by atoms with Gasteiger partial charge in [0, 0.05) is 12.1 Å². The van der Waals surface area contributed by atoms with Gasteiger partial charge < -0.3 is 0 Å². The lowest BCUT2D eigenvalue weighted by molar-refractivity contribution is 0.529. The Morgan fingerprint density at radius 3 is 1.44 bits per heavy atom. The van der Waals surface area contributed by atoms with Gasteiger partial charge in [0.15, 0.2) is 0 Å². The van der Waals surface area contributed by atoms with Crippen molar-refractivity contribution in [3.8, 4) is 0 Å². The third-order valence-corrected chi connectivity index (χ3v) is 7.07. The Labute approximate surface area is 162 Å². The fraction of sp³-hybridized carbons (Fsp3) is 0.217. The Hall–Kier alpha value is -2.19. The quantitative estimate of drug-likeness (QED) is 0.467. The predicted octanol–water partition coefficient (Wildman–Crippen LogP) is 6.08.